The first kappa shape index (κ1) is 12.9. The fourth-order valence-corrected chi connectivity index (χ4v) is 3.44. The first-order valence-electron chi connectivity index (χ1n) is 7.41. The number of ether oxygens (including phenoxy) is 1. The third kappa shape index (κ3) is 2.04. The lowest BCUT2D eigenvalue weighted by molar-refractivity contribution is -0.117. The second-order valence-electron chi connectivity index (χ2n) is 5.87. The Hall–Kier alpha value is -1.85. The van der Waals surface area contributed by atoms with Gasteiger partial charge >= 0.3 is 0 Å². The van der Waals surface area contributed by atoms with Gasteiger partial charge in [0.1, 0.15) is 5.58 Å². The minimum atomic E-state index is -0.223. The highest BCUT2D eigenvalue weighted by Gasteiger charge is 2.51. The Morgan fingerprint density at radius 2 is 2.19 bits per heavy atom. The predicted molar refractivity (Wildman–Crippen MR) is 77.9 cm³/mol. The van der Waals surface area contributed by atoms with Gasteiger partial charge in [-0.05, 0) is 25.0 Å². The summed E-state index contributed by atoms with van der Waals surface area (Å²) in [5.41, 5.74) is 6.87. The Labute approximate surface area is 122 Å². The van der Waals surface area contributed by atoms with Crippen molar-refractivity contribution in [2.45, 2.75) is 31.0 Å². The van der Waals surface area contributed by atoms with Crippen molar-refractivity contribution in [1.29, 1.82) is 0 Å². The van der Waals surface area contributed by atoms with E-state index in [-0.39, 0.29) is 24.1 Å². The first-order chi connectivity index (χ1) is 10.2. The average Bonchev–Trinajstić information content (AvgIpc) is 2.96. The fraction of sp³-hybridized carbons (Fsp3) is 0.438. The van der Waals surface area contributed by atoms with E-state index in [9.17, 15) is 4.79 Å². The molecule has 1 aromatic heterocycles. The molecule has 0 radical (unpaired) electrons. The Morgan fingerprint density at radius 3 is 3.05 bits per heavy atom. The molecule has 2 fully saturated rings. The van der Waals surface area contributed by atoms with E-state index in [0.29, 0.717) is 17.3 Å². The largest absolute Gasteiger partial charge is 0.451 e. The summed E-state index contributed by atoms with van der Waals surface area (Å²) in [6, 6.07) is 9.19. The van der Waals surface area contributed by atoms with Gasteiger partial charge in [-0.3, -0.25) is 4.79 Å². The number of fused-ring (bicyclic) bond motifs is 2. The highest BCUT2D eigenvalue weighted by molar-refractivity contribution is 5.96. The summed E-state index contributed by atoms with van der Waals surface area (Å²) >= 11 is 0. The number of amides is 1. The van der Waals surface area contributed by atoms with E-state index in [1.807, 2.05) is 24.3 Å². The van der Waals surface area contributed by atoms with Crippen molar-refractivity contribution in [3.8, 4) is 0 Å². The quantitative estimate of drug-likeness (QED) is 0.880. The average molecular weight is 286 g/mol. The normalized spacial score (nSPS) is 31.5. The summed E-state index contributed by atoms with van der Waals surface area (Å²) < 4.78 is 11.3. The molecule has 0 bridgehead atoms. The third-order valence-electron chi connectivity index (χ3n) is 4.62. The molecule has 110 valence electrons. The Kier molecular flexibility index (Phi) is 2.97. The molecule has 1 aliphatic carbocycles. The summed E-state index contributed by atoms with van der Waals surface area (Å²) in [5.74, 6) is 0.474. The molecule has 1 saturated carbocycles. The number of furan rings is 1. The maximum atomic E-state index is 12.3. The van der Waals surface area contributed by atoms with Gasteiger partial charge in [0.25, 0.3) is 5.91 Å². The maximum absolute atomic E-state index is 12.3. The fourth-order valence-electron chi connectivity index (χ4n) is 3.44. The minimum absolute atomic E-state index is 0.0244. The molecule has 1 aromatic carbocycles. The van der Waals surface area contributed by atoms with Gasteiger partial charge in [-0.25, -0.2) is 0 Å². The van der Waals surface area contributed by atoms with Gasteiger partial charge in [0.05, 0.1) is 12.1 Å². The number of hydrogen-bond acceptors (Lipinski definition) is 4. The summed E-state index contributed by atoms with van der Waals surface area (Å²) in [6.45, 7) is 0.755. The van der Waals surface area contributed by atoms with Gasteiger partial charge in [0, 0.05) is 24.0 Å². The second-order valence-corrected chi connectivity index (χ2v) is 5.87. The van der Waals surface area contributed by atoms with Crippen LogP contribution in [0.5, 0.6) is 0 Å². The molecule has 2 aromatic rings. The Balaban J connectivity index is 1.50. The molecule has 0 spiro atoms. The lowest BCUT2D eigenvalue weighted by Crippen LogP contribution is -2.72. The van der Waals surface area contributed by atoms with Crippen LogP contribution in [0.3, 0.4) is 0 Å². The van der Waals surface area contributed by atoms with E-state index >= 15 is 0 Å². The number of hydrogen-bond donors (Lipinski definition) is 2. The number of benzene rings is 1. The number of rotatable bonds is 2. The molecule has 5 nitrogen and oxygen atoms in total. The van der Waals surface area contributed by atoms with Crippen LogP contribution < -0.4 is 11.1 Å². The van der Waals surface area contributed by atoms with Crippen molar-refractivity contribution >= 4 is 16.9 Å². The van der Waals surface area contributed by atoms with Crippen molar-refractivity contribution in [3.05, 3.63) is 36.1 Å². The topological polar surface area (TPSA) is 77.5 Å². The molecule has 4 rings (SSSR count). The van der Waals surface area contributed by atoms with Gasteiger partial charge in [0.2, 0.25) is 0 Å². The highest BCUT2D eigenvalue weighted by atomic mass is 16.5. The van der Waals surface area contributed by atoms with E-state index < -0.39 is 0 Å². The van der Waals surface area contributed by atoms with Crippen LogP contribution in [-0.2, 0) is 4.74 Å². The summed E-state index contributed by atoms with van der Waals surface area (Å²) in [6.07, 6.45) is 2.20. The molecular formula is C16H18N2O3. The molecular weight excluding hydrogens is 268 g/mol. The van der Waals surface area contributed by atoms with Crippen LogP contribution in [0, 0.1) is 5.92 Å². The summed E-state index contributed by atoms with van der Waals surface area (Å²) in [7, 11) is 0. The van der Waals surface area contributed by atoms with Crippen molar-refractivity contribution in [2.24, 2.45) is 11.7 Å². The molecule has 1 saturated heterocycles. The van der Waals surface area contributed by atoms with Gasteiger partial charge in [-0.1, -0.05) is 18.2 Å². The van der Waals surface area contributed by atoms with Gasteiger partial charge < -0.3 is 20.2 Å². The second kappa shape index (κ2) is 4.86. The van der Waals surface area contributed by atoms with Crippen LogP contribution in [0.1, 0.15) is 23.4 Å². The van der Waals surface area contributed by atoms with Crippen molar-refractivity contribution in [3.63, 3.8) is 0 Å². The van der Waals surface area contributed by atoms with Crippen LogP contribution in [0.4, 0.5) is 0 Å². The van der Waals surface area contributed by atoms with Crippen LogP contribution in [0.15, 0.2) is 34.7 Å². The zero-order valence-corrected chi connectivity index (χ0v) is 11.6. The number of para-hydroxylation sites is 1. The molecule has 1 amide bonds. The monoisotopic (exact) mass is 286 g/mol. The SMILES string of the molecule is NC1C2CCCOC2C1NC(=O)c1cc2ccccc2o1. The molecule has 5 heteroatoms. The van der Waals surface area contributed by atoms with Crippen LogP contribution in [-0.4, -0.2) is 30.7 Å². The summed E-state index contributed by atoms with van der Waals surface area (Å²) in [5, 5.41) is 3.88. The van der Waals surface area contributed by atoms with Gasteiger partial charge in [0.15, 0.2) is 5.76 Å². The molecule has 1 aliphatic heterocycles. The number of nitrogens with one attached hydrogen (secondary N) is 1. The molecule has 21 heavy (non-hydrogen) atoms. The highest BCUT2D eigenvalue weighted by Crippen LogP contribution is 2.37. The van der Waals surface area contributed by atoms with Gasteiger partial charge in [-0.2, -0.15) is 0 Å². The first-order valence-corrected chi connectivity index (χ1v) is 7.41. The third-order valence-corrected chi connectivity index (χ3v) is 4.62. The smallest absolute Gasteiger partial charge is 0.287 e. The number of carbonyl (C=O) groups is 1. The predicted octanol–water partition coefficient (Wildman–Crippen LogP) is 1.67. The van der Waals surface area contributed by atoms with E-state index in [4.69, 9.17) is 14.9 Å². The van der Waals surface area contributed by atoms with Crippen LogP contribution in [0.2, 0.25) is 0 Å². The standard InChI is InChI=1S/C16H18N2O3/c17-13-10-5-3-7-20-15(10)14(13)18-16(19)12-8-9-4-1-2-6-11(9)21-12/h1-2,4,6,8,10,13-15H,3,5,7,17H2,(H,18,19). The van der Waals surface area contributed by atoms with Crippen molar-refractivity contribution in [2.75, 3.05) is 6.61 Å². The molecule has 3 N–H and O–H groups in total. The lowest BCUT2D eigenvalue weighted by atomic mass is 9.68. The van der Waals surface area contributed by atoms with Gasteiger partial charge in [-0.15, -0.1) is 0 Å². The lowest BCUT2D eigenvalue weighted by Gasteiger charge is -2.52. The van der Waals surface area contributed by atoms with Crippen LogP contribution in [0.25, 0.3) is 11.0 Å². The maximum Gasteiger partial charge on any atom is 0.287 e. The molecule has 2 aliphatic rings. The molecule has 4 unspecified atom stereocenters. The van der Waals surface area contributed by atoms with Crippen molar-refractivity contribution < 1.29 is 13.9 Å². The summed E-state index contributed by atoms with van der Waals surface area (Å²) in [4.78, 5) is 12.3. The molecule has 2 heterocycles. The van der Waals surface area contributed by atoms with E-state index in [1.54, 1.807) is 6.07 Å². The Morgan fingerprint density at radius 1 is 1.33 bits per heavy atom. The zero-order chi connectivity index (χ0) is 14.4. The van der Waals surface area contributed by atoms with E-state index in [2.05, 4.69) is 5.32 Å². The Bertz CT molecular complexity index is 648. The molecule has 4 atom stereocenters. The minimum Gasteiger partial charge on any atom is -0.451 e. The van der Waals surface area contributed by atoms with E-state index in [0.717, 1.165) is 24.8 Å². The number of nitrogens with two attached hydrogens (primary N) is 1. The zero-order valence-electron chi connectivity index (χ0n) is 11.6. The number of carbonyl (C=O) groups excluding carboxylic acids is 1. The van der Waals surface area contributed by atoms with E-state index in [1.165, 1.54) is 0 Å². The van der Waals surface area contributed by atoms with Crippen molar-refractivity contribution in [1.82, 2.24) is 5.32 Å². The van der Waals surface area contributed by atoms with Crippen LogP contribution >= 0.6 is 0 Å².